The number of fused-ring (bicyclic) bond motifs is 6. The summed E-state index contributed by atoms with van der Waals surface area (Å²) in [5, 5.41) is 24.5. The molecule has 6 N–H and O–H groups in total. The Bertz CT molecular complexity index is 3050. The summed E-state index contributed by atoms with van der Waals surface area (Å²) in [5.74, 6) is 3.65. The number of carbonyl (C=O) groups is 2. The predicted octanol–water partition coefficient (Wildman–Crippen LogP) is 16.6. The molecule has 2 aliphatic heterocycles. The number of carbonyl (C=O) groups excluding carboxylic acids is 2. The highest BCUT2D eigenvalue weighted by Crippen LogP contribution is 2.29. The van der Waals surface area contributed by atoms with Crippen molar-refractivity contribution < 1.29 is 9.59 Å². The minimum atomic E-state index is 0.107. The van der Waals surface area contributed by atoms with Crippen molar-refractivity contribution in [1.82, 2.24) is 30.4 Å². The molecule has 0 fully saturated rings. The molecule has 2 amide bonds. The minimum absolute atomic E-state index is 0.107. The van der Waals surface area contributed by atoms with E-state index in [1.807, 2.05) is 36.9 Å². The largest absolute Gasteiger partial charge is 0.361 e. The van der Waals surface area contributed by atoms with Gasteiger partial charge in [0.1, 0.15) is 0 Å². The van der Waals surface area contributed by atoms with E-state index in [0.717, 1.165) is 33.5 Å². The van der Waals surface area contributed by atoms with Crippen LogP contribution < -0.4 is 10.6 Å². The van der Waals surface area contributed by atoms with Gasteiger partial charge in [0, 0.05) is 45.6 Å². The Hall–Kier alpha value is -7.72. The standard InChI is InChI=1S/2C11H13NO.2C11H13N.2C10H12N2/c1-7(2)8-3-4-10-9(5-8)6-11(13)12-10;1-7(2)8-3-4-9-6-11(13)12-10(9)5-8;1-8(2)9-3-4-11-10(7-9)5-6-12-11;1-8(2)10-4-3-9-5-6-12-11(9)7-10;1-7(2)8-3-4-10-9(5-8)6-11-12-10;1-7(2)8-3-4-9-6-11-12-10(9)5-8/h2*3-5,7H,6H2,1-2H3,(H,12,13);2*3-8,12H,1-2H3;2*3-7H,1-2H3,(H,11,12). The van der Waals surface area contributed by atoms with Crippen molar-refractivity contribution in [2.45, 2.75) is 131 Å². The molecule has 4 aromatic heterocycles. The number of H-pyrrole nitrogens is 4. The number of amides is 2. The lowest BCUT2D eigenvalue weighted by Crippen LogP contribution is -2.03. The fraction of sp³-hybridized carbons (Fsp3) is 0.312. The molecule has 74 heavy (non-hydrogen) atoms. The van der Waals surface area contributed by atoms with Gasteiger partial charge in [-0.15, -0.1) is 0 Å². The van der Waals surface area contributed by atoms with E-state index in [0.29, 0.717) is 48.3 Å². The van der Waals surface area contributed by atoms with Gasteiger partial charge in [-0.1, -0.05) is 144 Å². The van der Waals surface area contributed by atoms with Crippen LogP contribution in [0.15, 0.2) is 146 Å². The van der Waals surface area contributed by atoms with Gasteiger partial charge < -0.3 is 20.6 Å². The molecule has 10 nitrogen and oxygen atoms in total. The highest BCUT2D eigenvalue weighted by Gasteiger charge is 2.19. The van der Waals surface area contributed by atoms with Crippen LogP contribution >= 0.6 is 0 Å². The Morgan fingerprint density at radius 3 is 1.42 bits per heavy atom. The Morgan fingerprint density at radius 2 is 0.784 bits per heavy atom. The number of nitrogens with one attached hydrogen (secondary N) is 6. The summed E-state index contributed by atoms with van der Waals surface area (Å²) in [6.45, 7) is 26.3. The summed E-state index contributed by atoms with van der Waals surface area (Å²) in [5.41, 5.74) is 17.0. The van der Waals surface area contributed by atoms with E-state index in [1.54, 1.807) is 0 Å². The van der Waals surface area contributed by atoms with Crippen molar-refractivity contribution in [2.75, 3.05) is 10.6 Å². The lowest BCUT2D eigenvalue weighted by atomic mass is 10.00. The van der Waals surface area contributed by atoms with Crippen molar-refractivity contribution >= 4 is 66.8 Å². The van der Waals surface area contributed by atoms with Gasteiger partial charge in [-0.3, -0.25) is 19.8 Å². The molecule has 0 atom stereocenters. The fourth-order valence-corrected chi connectivity index (χ4v) is 8.69. The van der Waals surface area contributed by atoms with Crippen LogP contribution in [0.4, 0.5) is 11.4 Å². The SMILES string of the molecule is CC(C)c1ccc2[nH]ccc2c1.CC(C)c1ccc2[nH]ncc2c1.CC(C)c1ccc2c(c1)CC(=O)N2.CC(C)c1ccc2c(c1)NC(=O)C2.CC(C)c1ccc2cc[nH]c2c1.CC(C)c1ccc2cn[nH]c2c1. The number of hydrogen-bond donors (Lipinski definition) is 6. The fourth-order valence-electron chi connectivity index (χ4n) is 8.69. The summed E-state index contributed by atoms with van der Waals surface area (Å²) in [6, 6.07) is 42.6. The molecule has 2 aliphatic rings. The number of benzene rings is 6. The highest BCUT2D eigenvalue weighted by atomic mass is 16.2. The second-order valence-corrected chi connectivity index (χ2v) is 21.3. The first-order valence-electron chi connectivity index (χ1n) is 26.3. The van der Waals surface area contributed by atoms with Crippen LogP contribution in [0.1, 0.15) is 163 Å². The van der Waals surface area contributed by atoms with E-state index in [-0.39, 0.29) is 11.8 Å². The molecule has 12 rings (SSSR count). The molecule has 10 heteroatoms. The lowest BCUT2D eigenvalue weighted by Gasteiger charge is -2.06. The molecular weight excluding hydrogens is 913 g/mol. The zero-order valence-electron chi connectivity index (χ0n) is 45.4. The maximum absolute atomic E-state index is 11.1. The predicted molar refractivity (Wildman–Crippen MR) is 311 cm³/mol. The topological polar surface area (TPSA) is 147 Å². The molecule has 10 aromatic rings. The summed E-state index contributed by atoms with van der Waals surface area (Å²) in [6.07, 6.45) is 8.74. The molecule has 0 bridgehead atoms. The van der Waals surface area contributed by atoms with E-state index < -0.39 is 0 Å². The van der Waals surface area contributed by atoms with Gasteiger partial charge in [-0.2, -0.15) is 10.2 Å². The normalized spacial score (nSPS) is 12.4. The second-order valence-electron chi connectivity index (χ2n) is 21.3. The molecule has 6 heterocycles. The van der Waals surface area contributed by atoms with Crippen molar-refractivity contribution in [3.63, 3.8) is 0 Å². The van der Waals surface area contributed by atoms with Gasteiger partial charge in [0.2, 0.25) is 11.8 Å². The third kappa shape index (κ3) is 14.3. The minimum Gasteiger partial charge on any atom is -0.361 e. The van der Waals surface area contributed by atoms with Crippen molar-refractivity contribution in [1.29, 1.82) is 0 Å². The van der Waals surface area contributed by atoms with Crippen LogP contribution in [0.2, 0.25) is 0 Å². The number of nitrogens with zero attached hydrogens (tertiary/aromatic N) is 2. The van der Waals surface area contributed by atoms with Crippen LogP contribution in [-0.2, 0) is 22.4 Å². The number of aromatic nitrogens is 6. The van der Waals surface area contributed by atoms with Crippen molar-refractivity contribution in [3.05, 3.63) is 191 Å². The third-order valence-electron chi connectivity index (χ3n) is 13.6. The number of anilines is 2. The van der Waals surface area contributed by atoms with E-state index >= 15 is 0 Å². The molecule has 0 unspecified atom stereocenters. The van der Waals surface area contributed by atoms with Gasteiger partial charge in [-0.05, 0) is 151 Å². The number of aromatic amines is 4. The molecule has 0 saturated heterocycles. The average Bonchev–Trinajstić information content (AvgIpc) is 4.25. The lowest BCUT2D eigenvalue weighted by molar-refractivity contribution is -0.115. The smallest absolute Gasteiger partial charge is 0.228 e. The summed E-state index contributed by atoms with van der Waals surface area (Å²) in [4.78, 5) is 28.5. The van der Waals surface area contributed by atoms with Crippen LogP contribution in [0, 0.1) is 0 Å². The van der Waals surface area contributed by atoms with Crippen LogP contribution in [-0.4, -0.2) is 42.2 Å². The van der Waals surface area contributed by atoms with Gasteiger partial charge in [0.15, 0.2) is 0 Å². The van der Waals surface area contributed by atoms with Gasteiger partial charge >= 0.3 is 0 Å². The Labute approximate surface area is 437 Å². The monoisotopic (exact) mass is 989 g/mol. The van der Waals surface area contributed by atoms with Gasteiger partial charge in [0.25, 0.3) is 0 Å². The molecule has 0 saturated carbocycles. The summed E-state index contributed by atoms with van der Waals surface area (Å²) in [7, 11) is 0. The van der Waals surface area contributed by atoms with E-state index in [2.05, 4.69) is 233 Å². The average molecular weight is 989 g/mol. The summed E-state index contributed by atoms with van der Waals surface area (Å²) < 4.78 is 0. The van der Waals surface area contributed by atoms with E-state index in [4.69, 9.17) is 0 Å². The van der Waals surface area contributed by atoms with E-state index in [1.165, 1.54) is 66.0 Å². The molecule has 384 valence electrons. The van der Waals surface area contributed by atoms with E-state index in [9.17, 15) is 9.59 Å². The molecule has 0 spiro atoms. The van der Waals surface area contributed by atoms with Crippen molar-refractivity contribution in [3.8, 4) is 0 Å². The van der Waals surface area contributed by atoms with Crippen LogP contribution in [0.5, 0.6) is 0 Å². The first-order valence-corrected chi connectivity index (χ1v) is 26.3. The summed E-state index contributed by atoms with van der Waals surface area (Å²) >= 11 is 0. The van der Waals surface area contributed by atoms with Crippen LogP contribution in [0.25, 0.3) is 43.6 Å². The Balaban J connectivity index is 0.000000130. The Morgan fingerprint density at radius 1 is 0.351 bits per heavy atom. The maximum Gasteiger partial charge on any atom is 0.228 e. The maximum atomic E-state index is 11.1. The quantitative estimate of drug-likeness (QED) is 0.0984. The Kier molecular flexibility index (Phi) is 18.1. The first-order chi connectivity index (χ1) is 35.4. The van der Waals surface area contributed by atoms with Gasteiger partial charge in [-0.25, -0.2) is 0 Å². The number of hydrogen-bond acceptors (Lipinski definition) is 4. The van der Waals surface area contributed by atoms with Gasteiger partial charge in [0.05, 0.1) is 36.3 Å². The molecule has 6 aromatic carbocycles. The van der Waals surface area contributed by atoms with Crippen molar-refractivity contribution in [2.24, 2.45) is 0 Å². The number of rotatable bonds is 6. The zero-order chi connectivity index (χ0) is 53.1. The second kappa shape index (κ2) is 24.8. The van der Waals surface area contributed by atoms with Crippen LogP contribution in [0.3, 0.4) is 0 Å². The molecule has 0 aliphatic carbocycles. The first kappa shape index (κ1) is 54.1. The third-order valence-corrected chi connectivity index (χ3v) is 13.6. The molecular formula is C64H76N8O2. The zero-order valence-corrected chi connectivity index (χ0v) is 45.4. The molecule has 0 radical (unpaired) electrons. The highest BCUT2D eigenvalue weighted by molar-refractivity contribution is 6.00.